The number of fused-ring (bicyclic) bond motifs is 1. The van der Waals surface area contributed by atoms with E-state index in [4.69, 9.17) is 4.74 Å². The average molecular weight is 344 g/mol. The van der Waals surface area contributed by atoms with Crippen molar-refractivity contribution in [3.63, 3.8) is 0 Å². The molecule has 25 heavy (non-hydrogen) atoms. The number of esters is 1. The fourth-order valence-corrected chi connectivity index (χ4v) is 2.93. The van der Waals surface area contributed by atoms with E-state index in [9.17, 15) is 9.18 Å². The lowest BCUT2D eigenvalue weighted by atomic mass is 9.96. The lowest BCUT2D eigenvalue weighted by Gasteiger charge is -2.28. The van der Waals surface area contributed by atoms with Gasteiger partial charge in [-0.1, -0.05) is 31.9 Å². The minimum atomic E-state index is -0.576. The topological polar surface area (TPSA) is 69.0 Å². The van der Waals surface area contributed by atoms with Crippen LogP contribution in [0, 0.1) is 5.82 Å². The first-order valence-electron chi connectivity index (χ1n) is 8.41. The number of allylic oxidation sites excluding steroid dienone is 1. The molecule has 1 aliphatic rings. The van der Waals surface area contributed by atoms with Crippen molar-refractivity contribution in [3.8, 4) is 0 Å². The molecule has 1 atom stereocenters. The fraction of sp³-hybridized carbons (Fsp3) is 0.389. The summed E-state index contributed by atoms with van der Waals surface area (Å²) in [6.45, 7) is 4.24. The maximum Gasteiger partial charge on any atom is 0.338 e. The summed E-state index contributed by atoms with van der Waals surface area (Å²) in [6, 6.07) is 5.57. The van der Waals surface area contributed by atoms with Crippen LogP contribution >= 0.6 is 0 Å². The van der Waals surface area contributed by atoms with Crippen LogP contribution < -0.4 is 5.32 Å². The Labute approximate surface area is 145 Å². The van der Waals surface area contributed by atoms with Gasteiger partial charge in [-0.05, 0) is 31.0 Å². The van der Waals surface area contributed by atoms with Gasteiger partial charge in [0.1, 0.15) is 18.2 Å². The quantitative estimate of drug-likeness (QED) is 0.642. The zero-order chi connectivity index (χ0) is 17.8. The maximum absolute atomic E-state index is 13.7. The molecular formula is C18H21FN4O2. The second-order valence-electron chi connectivity index (χ2n) is 5.99. The second kappa shape index (κ2) is 7.46. The van der Waals surface area contributed by atoms with E-state index in [1.54, 1.807) is 23.7 Å². The number of nitrogens with one attached hydrogen (secondary N) is 1. The minimum absolute atomic E-state index is 0.365. The summed E-state index contributed by atoms with van der Waals surface area (Å²) < 4.78 is 20.8. The largest absolute Gasteiger partial charge is 0.462 e. The van der Waals surface area contributed by atoms with E-state index in [-0.39, 0.29) is 5.82 Å². The fourth-order valence-electron chi connectivity index (χ4n) is 2.93. The number of aromatic nitrogens is 3. The first-order chi connectivity index (χ1) is 12.1. The van der Waals surface area contributed by atoms with Crippen molar-refractivity contribution in [2.75, 3.05) is 11.9 Å². The number of anilines is 1. The van der Waals surface area contributed by atoms with Gasteiger partial charge in [-0.25, -0.2) is 13.9 Å². The molecule has 0 fully saturated rings. The van der Waals surface area contributed by atoms with Gasteiger partial charge in [0.15, 0.2) is 0 Å². The van der Waals surface area contributed by atoms with Gasteiger partial charge in [-0.3, -0.25) is 0 Å². The maximum atomic E-state index is 13.7. The Hall–Kier alpha value is -2.70. The van der Waals surface area contributed by atoms with Crippen molar-refractivity contribution >= 4 is 11.9 Å². The number of ether oxygens (including phenoxy) is 1. The van der Waals surface area contributed by atoms with E-state index in [2.05, 4.69) is 22.3 Å². The zero-order valence-electron chi connectivity index (χ0n) is 14.3. The molecule has 0 amide bonds. The molecular weight excluding hydrogens is 323 g/mol. The lowest BCUT2D eigenvalue weighted by molar-refractivity contribution is -0.139. The van der Waals surface area contributed by atoms with Crippen LogP contribution in [0.3, 0.4) is 0 Å². The first-order valence-corrected chi connectivity index (χ1v) is 8.41. The molecule has 2 aromatic rings. The summed E-state index contributed by atoms with van der Waals surface area (Å²) >= 11 is 0. The van der Waals surface area contributed by atoms with Crippen LogP contribution in [0.5, 0.6) is 0 Å². The summed E-state index contributed by atoms with van der Waals surface area (Å²) in [4.78, 5) is 16.8. The van der Waals surface area contributed by atoms with E-state index in [0.29, 0.717) is 29.4 Å². The molecule has 1 aromatic carbocycles. The van der Waals surface area contributed by atoms with Crippen molar-refractivity contribution in [2.24, 2.45) is 0 Å². The summed E-state index contributed by atoms with van der Waals surface area (Å²) in [5.74, 6) is -0.281. The van der Waals surface area contributed by atoms with Crippen LogP contribution in [-0.4, -0.2) is 27.3 Å². The Morgan fingerprint density at radius 3 is 3.00 bits per heavy atom. The Morgan fingerprint density at radius 2 is 2.24 bits per heavy atom. The number of rotatable bonds is 6. The molecule has 0 spiro atoms. The summed E-state index contributed by atoms with van der Waals surface area (Å²) in [6.07, 6.45) is 4.28. The van der Waals surface area contributed by atoms with Gasteiger partial charge in [0, 0.05) is 5.70 Å². The lowest BCUT2D eigenvalue weighted by Crippen LogP contribution is -2.29. The average Bonchev–Trinajstić information content (AvgIpc) is 3.05. The molecule has 0 unspecified atom stereocenters. The van der Waals surface area contributed by atoms with Crippen molar-refractivity contribution in [3.05, 3.63) is 53.2 Å². The van der Waals surface area contributed by atoms with Crippen LogP contribution in [-0.2, 0) is 9.53 Å². The third kappa shape index (κ3) is 3.55. The molecule has 1 N–H and O–H groups in total. The van der Waals surface area contributed by atoms with Crippen LogP contribution in [0.4, 0.5) is 10.3 Å². The molecule has 7 heteroatoms. The Balaban J connectivity index is 1.94. The zero-order valence-corrected chi connectivity index (χ0v) is 14.3. The Bertz CT molecular complexity index is 800. The van der Waals surface area contributed by atoms with E-state index in [1.807, 2.05) is 0 Å². The number of hydrogen-bond acceptors (Lipinski definition) is 5. The number of nitrogens with zero attached hydrogens (tertiary/aromatic N) is 3. The Kier molecular flexibility index (Phi) is 5.11. The molecule has 0 bridgehead atoms. The van der Waals surface area contributed by atoms with Crippen molar-refractivity contribution in [2.45, 2.75) is 39.2 Å². The molecule has 3 rings (SSSR count). The number of halogens is 1. The van der Waals surface area contributed by atoms with Gasteiger partial charge in [0.25, 0.3) is 0 Å². The first kappa shape index (κ1) is 17.1. The van der Waals surface area contributed by atoms with E-state index >= 15 is 0 Å². The third-order valence-corrected chi connectivity index (χ3v) is 4.16. The molecule has 0 aliphatic carbocycles. The van der Waals surface area contributed by atoms with Crippen molar-refractivity contribution in [1.29, 1.82) is 0 Å². The SMILES string of the molecule is CCCCCOC(=O)C1=C(C)Nc2ncnn2[C@@H]1c1cccc(F)c1. The smallest absolute Gasteiger partial charge is 0.338 e. The second-order valence-corrected chi connectivity index (χ2v) is 5.99. The number of unbranched alkanes of at least 4 members (excludes halogenated alkanes) is 2. The van der Waals surface area contributed by atoms with Crippen LogP contribution in [0.1, 0.15) is 44.7 Å². The molecule has 6 nitrogen and oxygen atoms in total. The molecule has 132 valence electrons. The predicted octanol–water partition coefficient (Wildman–Crippen LogP) is 3.44. The van der Waals surface area contributed by atoms with Crippen molar-refractivity contribution in [1.82, 2.24) is 14.8 Å². The van der Waals surface area contributed by atoms with E-state index in [0.717, 1.165) is 19.3 Å². The van der Waals surface area contributed by atoms with Gasteiger partial charge in [0.05, 0.1) is 12.2 Å². The monoisotopic (exact) mass is 344 g/mol. The van der Waals surface area contributed by atoms with Gasteiger partial charge in [-0.15, -0.1) is 0 Å². The van der Waals surface area contributed by atoms with Gasteiger partial charge < -0.3 is 10.1 Å². The number of carbonyl (C=O) groups is 1. The highest BCUT2D eigenvalue weighted by Gasteiger charge is 2.34. The highest BCUT2D eigenvalue weighted by atomic mass is 19.1. The molecule has 2 heterocycles. The molecule has 1 aromatic heterocycles. The molecule has 1 aliphatic heterocycles. The number of benzene rings is 1. The minimum Gasteiger partial charge on any atom is -0.462 e. The molecule has 0 saturated carbocycles. The molecule has 0 saturated heterocycles. The van der Waals surface area contributed by atoms with Crippen LogP contribution in [0.25, 0.3) is 0 Å². The summed E-state index contributed by atoms with van der Waals surface area (Å²) in [5.41, 5.74) is 1.67. The van der Waals surface area contributed by atoms with E-state index in [1.165, 1.54) is 18.5 Å². The van der Waals surface area contributed by atoms with Crippen molar-refractivity contribution < 1.29 is 13.9 Å². The molecule has 0 radical (unpaired) electrons. The van der Waals surface area contributed by atoms with Gasteiger partial charge >= 0.3 is 5.97 Å². The Morgan fingerprint density at radius 1 is 1.40 bits per heavy atom. The van der Waals surface area contributed by atoms with Gasteiger partial charge in [-0.2, -0.15) is 10.1 Å². The predicted molar refractivity (Wildman–Crippen MR) is 91.4 cm³/mol. The summed E-state index contributed by atoms with van der Waals surface area (Å²) in [5, 5.41) is 7.26. The van der Waals surface area contributed by atoms with Gasteiger partial charge in [0.2, 0.25) is 5.95 Å². The number of carbonyl (C=O) groups excluding carboxylic acids is 1. The normalized spacial score (nSPS) is 16.4. The van der Waals surface area contributed by atoms with Crippen LogP contribution in [0.15, 0.2) is 41.9 Å². The van der Waals surface area contributed by atoms with E-state index < -0.39 is 12.0 Å². The third-order valence-electron chi connectivity index (χ3n) is 4.16. The number of hydrogen-bond donors (Lipinski definition) is 1. The standard InChI is InChI=1S/C18H21FN4O2/c1-3-4-5-9-25-17(24)15-12(2)22-18-20-11-21-23(18)16(15)13-7-6-8-14(19)10-13/h6-8,10-11,16H,3-5,9H2,1-2H3,(H,20,21,22)/t16-/m1/s1. The summed E-state index contributed by atoms with van der Waals surface area (Å²) in [7, 11) is 0. The highest BCUT2D eigenvalue weighted by Crippen LogP contribution is 2.35. The highest BCUT2D eigenvalue weighted by molar-refractivity contribution is 5.92. The van der Waals surface area contributed by atoms with Crippen LogP contribution in [0.2, 0.25) is 0 Å².